The van der Waals surface area contributed by atoms with Crippen molar-refractivity contribution in [1.29, 1.82) is 0 Å². The van der Waals surface area contributed by atoms with Gasteiger partial charge in [0.15, 0.2) is 0 Å². The molecule has 0 aliphatic heterocycles. The predicted molar refractivity (Wildman–Crippen MR) is 82.4 cm³/mol. The minimum absolute atomic E-state index is 0.788. The lowest BCUT2D eigenvalue weighted by atomic mass is 10.1. The van der Waals surface area contributed by atoms with Crippen molar-refractivity contribution in [1.82, 2.24) is 5.32 Å². The second-order valence-electron chi connectivity index (χ2n) is 4.55. The van der Waals surface area contributed by atoms with Crippen LogP contribution in [-0.4, -0.2) is 7.11 Å². The highest BCUT2D eigenvalue weighted by Crippen LogP contribution is 2.22. The molecule has 0 saturated heterocycles. The molecule has 0 fully saturated rings. The Morgan fingerprint density at radius 3 is 2.47 bits per heavy atom. The van der Waals surface area contributed by atoms with Crippen molar-refractivity contribution in [2.45, 2.75) is 20.0 Å². The van der Waals surface area contributed by atoms with E-state index in [2.05, 4.69) is 58.5 Å². The van der Waals surface area contributed by atoms with E-state index in [0.29, 0.717) is 0 Å². The Kier molecular flexibility index (Phi) is 5.00. The highest BCUT2D eigenvalue weighted by Gasteiger charge is 2.03. The fraction of sp³-hybridized carbons (Fsp3) is 0.250. The second-order valence-corrected chi connectivity index (χ2v) is 5.46. The Morgan fingerprint density at radius 1 is 1.05 bits per heavy atom. The molecule has 0 amide bonds. The average molecular weight is 320 g/mol. The largest absolute Gasteiger partial charge is 0.496 e. The molecule has 0 radical (unpaired) electrons. The molecular formula is C16H18BrNO. The summed E-state index contributed by atoms with van der Waals surface area (Å²) in [5.74, 6) is 0.916. The minimum atomic E-state index is 0.788. The predicted octanol–water partition coefficient (Wildman–Crippen LogP) is 4.06. The minimum Gasteiger partial charge on any atom is -0.496 e. The van der Waals surface area contributed by atoms with E-state index in [1.54, 1.807) is 7.11 Å². The third-order valence-electron chi connectivity index (χ3n) is 3.01. The van der Waals surface area contributed by atoms with Crippen LogP contribution in [0.1, 0.15) is 16.7 Å². The van der Waals surface area contributed by atoms with Crippen molar-refractivity contribution >= 4 is 15.9 Å². The lowest BCUT2D eigenvalue weighted by Gasteiger charge is -2.10. The molecule has 0 bridgehead atoms. The fourth-order valence-corrected chi connectivity index (χ4v) is 2.34. The molecule has 0 unspecified atom stereocenters. The maximum Gasteiger partial charge on any atom is 0.123 e. The quantitative estimate of drug-likeness (QED) is 0.897. The normalized spacial score (nSPS) is 10.5. The van der Waals surface area contributed by atoms with Crippen molar-refractivity contribution in [3.8, 4) is 5.75 Å². The lowest BCUT2D eigenvalue weighted by molar-refractivity contribution is 0.407. The van der Waals surface area contributed by atoms with Crippen molar-refractivity contribution in [3.05, 3.63) is 63.6 Å². The summed E-state index contributed by atoms with van der Waals surface area (Å²) in [6, 6.07) is 14.6. The Balaban J connectivity index is 1.95. The molecule has 1 N–H and O–H groups in total. The molecule has 3 heteroatoms. The van der Waals surface area contributed by atoms with Gasteiger partial charge in [0, 0.05) is 23.1 Å². The average Bonchev–Trinajstić information content (AvgIpc) is 2.41. The van der Waals surface area contributed by atoms with E-state index in [0.717, 1.165) is 28.9 Å². The van der Waals surface area contributed by atoms with Crippen molar-refractivity contribution in [3.63, 3.8) is 0 Å². The van der Waals surface area contributed by atoms with Crippen LogP contribution in [0.3, 0.4) is 0 Å². The van der Waals surface area contributed by atoms with Crippen LogP contribution in [0.2, 0.25) is 0 Å². The van der Waals surface area contributed by atoms with Crippen LogP contribution in [0.25, 0.3) is 0 Å². The van der Waals surface area contributed by atoms with Gasteiger partial charge in [-0.3, -0.25) is 0 Å². The standard InChI is InChI=1S/C16H18BrNO/c1-12-3-5-13(6-4-12)10-18-11-14-9-15(17)7-8-16(14)19-2/h3-9,18H,10-11H2,1-2H3. The van der Waals surface area contributed by atoms with Gasteiger partial charge in [-0.25, -0.2) is 0 Å². The summed E-state index contributed by atoms with van der Waals surface area (Å²) in [7, 11) is 1.70. The first-order valence-electron chi connectivity index (χ1n) is 6.27. The van der Waals surface area contributed by atoms with Gasteiger partial charge in [-0.15, -0.1) is 0 Å². The molecule has 2 nitrogen and oxygen atoms in total. The second kappa shape index (κ2) is 6.73. The summed E-state index contributed by atoms with van der Waals surface area (Å²) in [5, 5.41) is 3.44. The van der Waals surface area contributed by atoms with Crippen molar-refractivity contribution in [2.24, 2.45) is 0 Å². The number of rotatable bonds is 5. The third-order valence-corrected chi connectivity index (χ3v) is 3.50. The van der Waals surface area contributed by atoms with E-state index >= 15 is 0 Å². The van der Waals surface area contributed by atoms with Gasteiger partial charge in [-0.05, 0) is 30.7 Å². The van der Waals surface area contributed by atoms with Gasteiger partial charge in [0.2, 0.25) is 0 Å². The van der Waals surface area contributed by atoms with Crippen LogP contribution in [0.15, 0.2) is 46.9 Å². The molecule has 0 aliphatic rings. The van der Waals surface area contributed by atoms with Crippen molar-refractivity contribution in [2.75, 3.05) is 7.11 Å². The maximum absolute atomic E-state index is 5.36. The Bertz CT molecular complexity index is 537. The summed E-state index contributed by atoms with van der Waals surface area (Å²) in [4.78, 5) is 0. The number of nitrogens with one attached hydrogen (secondary N) is 1. The number of ether oxygens (including phenoxy) is 1. The van der Waals surface area contributed by atoms with Crippen LogP contribution in [0.4, 0.5) is 0 Å². The van der Waals surface area contributed by atoms with Crippen LogP contribution in [-0.2, 0) is 13.1 Å². The summed E-state index contributed by atoms with van der Waals surface area (Å²) in [6.07, 6.45) is 0. The van der Waals surface area contributed by atoms with Crippen molar-refractivity contribution < 1.29 is 4.74 Å². The number of aryl methyl sites for hydroxylation is 1. The van der Waals surface area contributed by atoms with Crippen LogP contribution in [0.5, 0.6) is 5.75 Å². The van der Waals surface area contributed by atoms with Gasteiger partial charge in [0.25, 0.3) is 0 Å². The van der Waals surface area contributed by atoms with Crippen LogP contribution < -0.4 is 10.1 Å². The van der Waals surface area contributed by atoms with Gasteiger partial charge < -0.3 is 10.1 Å². The van der Waals surface area contributed by atoms with Gasteiger partial charge in [-0.1, -0.05) is 45.8 Å². The first kappa shape index (κ1) is 14.1. The number of hydrogen-bond acceptors (Lipinski definition) is 2. The molecule has 0 atom stereocenters. The zero-order valence-corrected chi connectivity index (χ0v) is 12.8. The van der Waals surface area contributed by atoms with Crippen LogP contribution >= 0.6 is 15.9 Å². The van der Waals surface area contributed by atoms with Gasteiger partial charge in [0.1, 0.15) is 5.75 Å². The summed E-state index contributed by atoms with van der Waals surface area (Å²) in [6.45, 7) is 3.75. The Labute approximate surface area is 122 Å². The van der Waals surface area contributed by atoms with Crippen LogP contribution in [0, 0.1) is 6.92 Å². The summed E-state index contributed by atoms with van der Waals surface area (Å²) in [5.41, 5.74) is 3.74. The van der Waals surface area contributed by atoms with E-state index < -0.39 is 0 Å². The number of methoxy groups -OCH3 is 1. The topological polar surface area (TPSA) is 21.3 Å². The van der Waals surface area contributed by atoms with Gasteiger partial charge >= 0.3 is 0 Å². The highest BCUT2D eigenvalue weighted by molar-refractivity contribution is 9.10. The lowest BCUT2D eigenvalue weighted by Crippen LogP contribution is -2.13. The molecule has 0 spiro atoms. The Hall–Kier alpha value is -1.32. The Morgan fingerprint density at radius 2 is 1.79 bits per heavy atom. The number of hydrogen-bond donors (Lipinski definition) is 1. The number of benzene rings is 2. The molecule has 100 valence electrons. The zero-order valence-electron chi connectivity index (χ0n) is 11.2. The first-order chi connectivity index (χ1) is 9.19. The summed E-state index contributed by atoms with van der Waals surface area (Å²) < 4.78 is 6.43. The molecule has 2 aromatic rings. The molecule has 19 heavy (non-hydrogen) atoms. The van der Waals surface area contributed by atoms with E-state index in [9.17, 15) is 0 Å². The highest BCUT2D eigenvalue weighted by atomic mass is 79.9. The summed E-state index contributed by atoms with van der Waals surface area (Å²) >= 11 is 3.49. The van der Waals surface area contributed by atoms with E-state index in [1.165, 1.54) is 11.1 Å². The smallest absolute Gasteiger partial charge is 0.123 e. The molecule has 2 aromatic carbocycles. The molecule has 0 aromatic heterocycles. The zero-order chi connectivity index (χ0) is 13.7. The SMILES string of the molecule is COc1ccc(Br)cc1CNCc1ccc(C)cc1. The molecule has 2 rings (SSSR count). The monoisotopic (exact) mass is 319 g/mol. The fourth-order valence-electron chi connectivity index (χ4n) is 1.93. The van der Waals surface area contributed by atoms with E-state index in [4.69, 9.17) is 4.74 Å². The van der Waals surface area contributed by atoms with Gasteiger partial charge in [-0.2, -0.15) is 0 Å². The molecule has 0 saturated carbocycles. The molecule has 0 heterocycles. The maximum atomic E-state index is 5.36. The third kappa shape index (κ3) is 4.08. The molecule has 0 aliphatic carbocycles. The van der Waals surface area contributed by atoms with Gasteiger partial charge in [0.05, 0.1) is 7.11 Å². The first-order valence-corrected chi connectivity index (χ1v) is 7.07. The van der Waals surface area contributed by atoms with E-state index in [-0.39, 0.29) is 0 Å². The number of halogens is 1. The van der Waals surface area contributed by atoms with E-state index in [1.807, 2.05) is 12.1 Å². The molecular weight excluding hydrogens is 302 g/mol.